The second-order valence-corrected chi connectivity index (χ2v) is 6.60. The van der Waals surface area contributed by atoms with Crippen molar-refractivity contribution in [3.8, 4) is 5.75 Å². The molecule has 0 radical (unpaired) electrons. The SMILES string of the molecule is CC(C)(Oc1ccc(Cl)cc1)C(=O)NCCC(=O)N1CCCC1. The van der Waals surface area contributed by atoms with Crippen LogP contribution in [0, 0.1) is 0 Å². The van der Waals surface area contributed by atoms with Gasteiger partial charge in [0.05, 0.1) is 0 Å². The van der Waals surface area contributed by atoms with Crippen LogP contribution in [0.4, 0.5) is 0 Å². The van der Waals surface area contributed by atoms with Gasteiger partial charge in [0.2, 0.25) is 5.91 Å². The molecular weight excluding hydrogens is 316 g/mol. The third kappa shape index (κ3) is 5.13. The van der Waals surface area contributed by atoms with Crippen molar-refractivity contribution in [1.29, 1.82) is 0 Å². The average Bonchev–Trinajstić information content (AvgIpc) is 3.03. The van der Waals surface area contributed by atoms with Gasteiger partial charge in [0.25, 0.3) is 5.91 Å². The van der Waals surface area contributed by atoms with E-state index in [1.54, 1.807) is 38.1 Å². The minimum absolute atomic E-state index is 0.0965. The fraction of sp³-hybridized carbons (Fsp3) is 0.529. The Balaban J connectivity index is 1.78. The van der Waals surface area contributed by atoms with Crippen LogP contribution < -0.4 is 10.1 Å². The summed E-state index contributed by atoms with van der Waals surface area (Å²) in [6.45, 7) is 5.37. The van der Waals surface area contributed by atoms with E-state index in [0.29, 0.717) is 23.7 Å². The van der Waals surface area contributed by atoms with E-state index in [1.807, 2.05) is 4.90 Å². The molecule has 0 aliphatic carbocycles. The number of halogens is 1. The van der Waals surface area contributed by atoms with E-state index in [-0.39, 0.29) is 11.8 Å². The van der Waals surface area contributed by atoms with Crippen LogP contribution in [0.2, 0.25) is 5.02 Å². The largest absolute Gasteiger partial charge is 0.478 e. The Morgan fingerprint density at radius 1 is 1.22 bits per heavy atom. The van der Waals surface area contributed by atoms with E-state index in [2.05, 4.69) is 5.32 Å². The minimum atomic E-state index is -1.02. The maximum Gasteiger partial charge on any atom is 0.263 e. The third-order valence-corrected chi connectivity index (χ3v) is 4.07. The molecule has 0 spiro atoms. The first kappa shape index (κ1) is 17.6. The van der Waals surface area contributed by atoms with Gasteiger partial charge in [-0.2, -0.15) is 0 Å². The highest BCUT2D eigenvalue weighted by atomic mass is 35.5. The number of nitrogens with one attached hydrogen (secondary N) is 1. The van der Waals surface area contributed by atoms with Crippen molar-refractivity contribution in [3.05, 3.63) is 29.3 Å². The molecule has 1 N–H and O–H groups in total. The van der Waals surface area contributed by atoms with Crippen LogP contribution in [0.3, 0.4) is 0 Å². The van der Waals surface area contributed by atoms with Crippen molar-refractivity contribution < 1.29 is 14.3 Å². The Morgan fingerprint density at radius 3 is 2.43 bits per heavy atom. The van der Waals surface area contributed by atoms with Gasteiger partial charge in [0.15, 0.2) is 5.60 Å². The second kappa shape index (κ2) is 7.68. The van der Waals surface area contributed by atoms with Gasteiger partial charge in [-0.3, -0.25) is 9.59 Å². The van der Waals surface area contributed by atoms with Gasteiger partial charge in [-0.25, -0.2) is 0 Å². The number of amides is 2. The Labute approximate surface area is 141 Å². The van der Waals surface area contributed by atoms with E-state index in [1.165, 1.54) is 0 Å². The summed E-state index contributed by atoms with van der Waals surface area (Å²) in [5, 5.41) is 3.38. The number of benzene rings is 1. The van der Waals surface area contributed by atoms with Gasteiger partial charge in [-0.1, -0.05) is 11.6 Å². The molecule has 1 aromatic rings. The molecule has 1 saturated heterocycles. The lowest BCUT2D eigenvalue weighted by Crippen LogP contribution is -2.47. The molecule has 1 fully saturated rings. The number of hydrogen-bond acceptors (Lipinski definition) is 3. The smallest absolute Gasteiger partial charge is 0.263 e. The molecule has 0 atom stereocenters. The Morgan fingerprint density at radius 2 is 1.83 bits per heavy atom. The van der Waals surface area contributed by atoms with Crippen molar-refractivity contribution in [2.45, 2.75) is 38.7 Å². The Hall–Kier alpha value is -1.75. The predicted octanol–water partition coefficient (Wildman–Crippen LogP) is 2.63. The maximum absolute atomic E-state index is 12.3. The van der Waals surface area contributed by atoms with Gasteiger partial charge in [-0.05, 0) is 51.0 Å². The van der Waals surface area contributed by atoms with E-state index in [9.17, 15) is 9.59 Å². The summed E-state index contributed by atoms with van der Waals surface area (Å²) in [6.07, 6.45) is 2.46. The van der Waals surface area contributed by atoms with E-state index in [0.717, 1.165) is 25.9 Å². The summed E-state index contributed by atoms with van der Waals surface area (Å²) < 4.78 is 5.71. The topological polar surface area (TPSA) is 58.6 Å². The van der Waals surface area contributed by atoms with Gasteiger partial charge < -0.3 is 15.0 Å². The highest BCUT2D eigenvalue weighted by molar-refractivity contribution is 6.30. The number of carbonyl (C=O) groups excluding carboxylic acids is 2. The number of carbonyl (C=O) groups is 2. The first-order valence-electron chi connectivity index (χ1n) is 7.89. The zero-order chi connectivity index (χ0) is 16.9. The summed E-state index contributed by atoms with van der Waals surface area (Å²) in [6, 6.07) is 6.85. The van der Waals surface area contributed by atoms with E-state index in [4.69, 9.17) is 16.3 Å². The minimum Gasteiger partial charge on any atom is -0.478 e. The van der Waals surface area contributed by atoms with Crippen molar-refractivity contribution >= 4 is 23.4 Å². The van der Waals surface area contributed by atoms with Crippen LogP contribution >= 0.6 is 11.6 Å². The molecule has 6 heteroatoms. The van der Waals surface area contributed by atoms with Crippen molar-refractivity contribution in [2.75, 3.05) is 19.6 Å². The molecule has 1 aliphatic heterocycles. The normalized spacial score (nSPS) is 14.7. The van der Waals surface area contributed by atoms with E-state index < -0.39 is 5.60 Å². The number of rotatable bonds is 6. The Bertz CT molecular complexity index is 551. The molecule has 126 valence electrons. The van der Waals surface area contributed by atoms with E-state index >= 15 is 0 Å². The summed E-state index contributed by atoms with van der Waals surface area (Å²) in [4.78, 5) is 26.0. The highest BCUT2D eigenvalue weighted by Crippen LogP contribution is 2.21. The third-order valence-electron chi connectivity index (χ3n) is 3.82. The van der Waals surface area contributed by atoms with Crippen LogP contribution in [-0.2, 0) is 9.59 Å². The maximum atomic E-state index is 12.3. The van der Waals surface area contributed by atoms with Gasteiger partial charge in [-0.15, -0.1) is 0 Å². The number of hydrogen-bond donors (Lipinski definition) is 1. The number of ether oxygens (including phenoxy) is 1. The highest BCUT2D eigenvalue weighted by Gasteiger charge is 2.30. The molecule has 0 unspecified atom stereocenters. The monoisotopic (exact) mass is 338 g/mol. The molecule has 1 heterocycles. The lowest BCUT2D eigenvalue weighted by Gasteiger charge is -2.25. The molecule has 1 aromatic carbocycles. The summed E-state index contributed by atoms with van der Waals surface area (Å²) >= 11 is 5.83. The van der Waals surface area contributed by atoms with Gasteiger partial charge in [0.1, 0.15) is 5.75 Å². The molecule has 0 bridgehead atoms. The molecule has 0 aromatic heterocycles. The molecule has 23 heavy (non-hydrogen) atoms. The first-order chi connectivity index (χ1) is 10.9. The molecule has 2 rings (SSSR count). The summed E-state index contributed by atoms with van der Waals surface area (Å²) in [5.41, 5.74) is -1.02. The fourth-order valence-corrected chi connectivity index (χ4v) is 2.59. The van der Waals surface area contributed by atoms with Crippen LogP contribution in [-0.4, -0.2) is 41.9 Å². The molecule has 5 nitrogen and oxygen atoms in total. The zero-order valence-electron chi connectivity index (χ0n) is 13.6. The van der Waals surface area contributed by atoms with Crippen molar-refractivity contribution in [3.63, 3.8) is 0 Å². The first-order valence-corrected chi connectivity index (χ1v) is 8.27. The molecular formula is C17H23ClN2O3. The van der Waals surface area contributed by atoms with Crippen LogP contribution in [0.25, 0.3) is 0 Å². The predicted molar refractivity (Wildman–Crippen MR) is 89.6 cm³/mol. The summed E-state index contributed by atoms with van der Waals surface area (Å²) in [5.74, 6) is 0.420. The number of nitrogens with zero attached hydrogens (tertiary/aromatic N) is 1. The lowest BCUT2D eigenvalue weighted by molar-refractivity contribution is -0.134. The van der Waals surface area contributed by atoms with Crippen LogP contribution in [0.1, 0.15) is 33.1 Å². The lowest BCUT2D eigenvalue weighted by atomic mass is 10.1. The summed E-state index contributed by atoms with van der Waals surface area (Å²) in [7, 11) is 0. The number of likely N-dealkylation sites (tertiary alicyclic amines) is 1. The van der Waals surface area contributed by atoms with Crippen molar-refractivity contribution in [2.24, 2.45) is 0 Å². The fourth-order valence-electron chi connectivity index (χ4n) is 2.46. The molecule has 2 amide bonds. The van der Waals surface area contributed by atoms with Crippen molar-refractivity contribution in [1.82, 2.24) is 10.2 Å². The van der Waals surface area contributed by atoms with Crippen LogP contribution in [0.5, 0.6) is 5.75 Å². The standard InChI is InChI=1S/C17H23ClN2O3/c1-17(2,23-14-7-5-13(18)6-8-14)16(22)19-10-9-15(21)20-11-3-4-12-20/h5-8H,3-4,9-12H2,1-2H3,(H,19,22). The van der Waals surface area contributed by atoms with Gasteiger partial charge >= 0.3 is 0 Å². The quantitative estimate of drug-likeness (QED) is 0.867. The molecule has 0 saturated carbocycles. The Kier molecular flexibility index (Phi) is 5.88. The average molecular weight is 339 g/mol. The van der Waals surface area contributed by atoms with Gasteiger partial charge in [0, 0.05) is 31.1 Å². The second-order valence-electron chi connectivity index (χ2n) is 6.16. The zero-order valence-corrected chi connectivity index (χ0v) is 14.4. The van der Waals surface area contributed by atoms with Crippen LogP contribution in [0.15, 0.2) is 24.3 Å². The molecule has 1 aliphatic rings.